The Morgan fingerprint density at radius 2 is 1.67 bits per heavy atom. The van der Waals surface area contributed by atoms with Crippen LogP contribution in [0.2, 0.25) is 0 Å². The van der Waals surface area contributed by atoms with E-state index in [0.717, 1.165) is 32.5 Å². The zero-order valence-electron chi connectivity index (χ0n) is 16.3. The molecule has 1 saturated heterocycles. The van der Waals surface area contributed by atoms with E-state index in [9.17, 15) is 4.79 Å². The molecule has 2 aromatic rings. The van der Waals surface area contributed by atoms with E-state index in [-0.39, 0.29) is 5.78 Å². The largest absolute Gasteiger partial charge is 0.302 e. The van der Waals surface area contributed by atoms with Crippen LogP contribution >= 0.6 is 0 Å². The van der Waals surface area contributed by atoms with Crippen molar-refractivity contribution in [3.8, 4) is 0 Å². The van der Waals surface area contributed by atoms with Crippen LogP contribution in [0, 0.1) is 6.92 Å². The average Bonchev–Trinajstić information content (AvgIpc) is 2.83. The molecular formula is C25H27NO. The molecule has 4 rings (SSSR count). The van der Waals surface area contributed by atoms with E-state index in [1.165, 1.54) is 33.4 Å². The Bertz CT molecular complexity index is 925. The van der Waals surface area contributed by atoms with Crippen LogP contribution in [-0.4, -0.2) is 30.3 Å². The highest BCUT2D eigenvalue weighted by Gasteiger charge is 2.22. The number of carbonyl (C=O) groups excluding carboxylic acids is 1. The molecule has 0 bridgehead atoms. The van der Waals surface area contributed by atoms with Crippen LogP contribution in [0.3, 0.4) is 0 Å². The van der Waals surface area contributed by atoms with Crippen LogP contribution < -0.4 is 0 Å². The molecule has 1 aliphatic heterocycles. The second-order valence-electron chi connectivity index (χ2n) is 7.78. The molecule has 2 heteroatoms. The molecule has 0 aromatic heterocycles. The molecule has 1 heterocycles. The van der Waals surface area contributed by atoms with Crippen molar-refractivity contribution in [1.29, 1.82) is 0 Å². The van der Waals surface area contributed by atoms with Gasteiger partial charge in [-0.25, -0.2) is 0 Å². The Morgan fingerprint density at radius 1 is 0.963 bits per heavy atom. The summed E-state index contributed by atoms with van der Waals surface area (Å²) >= 11 is 0. The molecule has 1 aliphatic carbocycles. The highest BCUT2D eigenvalue weighted by atomic mass is 16.1. The summed E-state index contributed by atoms with van der Waals surface area (Å²) in [5, 5.41) is 0. The zero-order valence-corrected chi connectivity index (χ0v) is 16.3. The molecule has 2 aromatic carbocycles. The maximum atomic E-state index is 11.3. The molecule has 0 unspecified atom stereocenters. The molecule has 2 nitrogen and oxygen atoms in total. The Labute approximate surface area is 162 Å². The standard InChI is InChI=1S/C25H27NO/c1-18-7-8-21-10-9-20-5-3-4-6-23(20)25(24(21)17-18)22-12-15-26(16-13-22)14-11-19(2)27/h3-10,17H,11-16H2,1-2H3. The van der Waals surface area contributed by atoms with E-state index < -0.39 is 0 Å². The first kappa shape index (κ1) is 17.9. The smallest absolute Gasteiger partial charge is 0.131 e. The predicted octanol–water partition coefficient (Wildman–Crippen LogP) is 5.36. The summed E-state index contributed by atoms with van der Waals surface area (Å²) in [6.07, 6.45) is 7.33. The average molecular weight is 357 g/mol. The van der Waals surface area contributed by atoms with Crippen molar-refractivity contribution in [1.82, 2.24) is 4.90 Å². The lowest BCUT2D eigenvalue weighted by molar-refractivity contribution is -0.117. The highest BCUT2D eigenvalue weighted by Crippen LogP contribution is 2.39. The highest BCUT2D eigenvalue weighted by molar-refractivity contribution is 5.95. The molecule has 1 fully saturated rings. The normalized spacial score (nSPS) is 16.7. The van der Waals surface area contributed by atoms with Gasteiger partial charge in [-0.2, -0.15) is 0 Å². The first-order chi connectivity index (χ1) is 13.1. The number of benzene rings is 2. The third kappa shape index (κ3) is 3.81. The lowest BCUT2D eigenvalue weighted by Crippen LogP contribution is -2.32. The third-order valence-corrected chi connectivity index (χ3v) is 5.74. The van der Waals surface area contributed by atoms with Gasteiger partial charge in [-0.15, -0.1) is 0 Å². The minimum atomic E-state index is 0.285. The number of piperidine rings is 1. The first-order valence-electron chi connectivity index (χ1n) is 9.94. The number of hydrogen-bond donors (Lipinski definition) is 0. The monoisotopic (exact) mass is 357 g/mol. The fraction of sp³-hybridized carbons (Fsp3) is 0.320. The van der Waals surface area contributed by atoms with Crippen LogP contribution in [0.5, 0.6) is 0 Å². The lowest BCUT2D eigenvalue weighted by Gasteiger charge is -2.30. The van der Waals surface area contributed by atoms with Crippen molar-refractivity contribution in [2.45, 2.75) is 33.1 Å². The molecule has 0 radical (unpaired) electrons. The Balaban J connectivity index is 1.74. The number of fused-ring (bicyclic) bond motifs is 2. The van der Waals surface area contributed by atoms with Crippen molar-refractivity contribution in [3.05, 3.63) is 75.9 Å². The second-order valence-corrected chi connectivity index (χ2v) is 7.78. The topological polar surface area (TPSA) is 20.3 Å². The Hall–Kier alpha value is -2.45. The van der Waals surface area contributed by atoms with Crippen molar-refractivity contribution in [2.75, 3.05) is 19.6 Å². The number of ketones is 1. The summed E-state index contributed by atoms with van der Waals surface area (Å²) in [5.74, 6) is 0.285. The first-order valence-corrected chi connectivity index (χ1v) is 9.94. The maximum Gasteiger partial charge on any atom is 0.131 e. The summed E-state index contributed by atoms with van der Waals surface area (Å²) in [4.78, 5) is 13.7. The van der Waals surface area contributed by atoms with Gasteiger partial charge < -0.3 is 4.90 Å². The third-order valence-electron chi connectivity index (χ3n) is 5.74. The van der Waals surface area contributed by atoms with Crippen LogP contribution in [0.1, 0.15) is 54.0 Å². The molecule has 0 N–H and O–H groups in total. The van der Waals surface area contributed by atoms with Crippen LogP contribution in [-0.2, 0) is 4.79 Å². The minimum Gasteiger partial charge on any atom is -0.302 e. The molecule has 27 heavy (non-hydrogen) atoms. The van der Waals surface area contributed by atoms with Crippen LogP contribution in [0.25, 0.3) is 17.7 Å². The van der Waals surface area contributed by atoms with E-state index in [1.54, 1.807) is 12.5 Å². The van der Waals surface area contributed by atoms with Gasteiger partial charge in [0.05, 0.1) is 0 Å². The van der Waals surface area contributed by atoms with Gasteiger partial charge in [0, 0.05) is 26.1 Å². The molecule has 0 amide bonds. The van der Waals surface area contributed by atoms with Crippen molar-refractivity contribution >= 4 is 23.5 Å². The van der Waals surface area contributed by atoms with Gasteiger partial charge in [0.15, 0.2) is 0 Å². The zero-order chi connectivity index (χ0) is 18.8. The Morgan fingerprint density at radius 3 is 2.41 bits per heavy atom. The minimum absolute atomic E-state index is 0.285. The molecule has 0 saturated carbocycles. The van der Waals surface area contributed by atoms with E-state index in [4.69, 9.17) is 0 Å². The van der Waals surface area contributed by atoms with E-state index in [0.29, 0.717) is 6.42 Å². The number of carbonyl (C=O) groups is 1. The maximum absolute atomic E-state index is 11.3. The Kier molecular flexibility index (Phi) is 5.09. The molecule has 138 valence electrons. The summed E-state index contributed by atoms with van der Waals surface area (Å²) in [6, 6.07) is 15.5. The number of aryl methyl sites for hydroxylation is 1. The molecule has 0 atom stereocenters. The van der Waals surface area contributed by atoms with Gasteiger partial charge in [-0.05, 0) is 54.5 Å². The summed E-state index contributed by atoms with van der Waals surface area (Å²) in [5.41, 5.74) is 9.61. The van der Waals surface area contributed by atoms with Crippen LogP contribution in [0.15, 0.2) is 48.0 Å². The lowest BCUT2D eigenvalue weighted by atomic mass is 9.85. The number of Topliss-reactive ketones (excluding diaryl/α,β-unsaturated/α-hetero) is 1. The van der Waals surface area contributed by atoms with Crippen molar-refractivity contribution in [2.24, 2.45) is 0 Å². The number of nitrogens with zero attached hydrogens (tertiary/aromatic N) is 1. The summed E-state index contributed by atoms with van der Waals surface area (Å²) in [6.45, 7) is 6.84. The SMILES string of the molecule is CC(=O)CCN1CCC(=C2c3ccccc3C=Cc3ccc(C)cc32)CC1. The molecule has 2 aliphatic rings. The van der Waals surface area contributed by atoms with Gasteiger partial charge in [-0.1, -0.05) is 65.8 Å². The van der Waals surface area contributed by atoms with Gasteiger partial charge in [0.2, 0.25) is 0 Å². The van der Waals surface area contributed by atoms with Gasteiger partial charge in [0.25, 0.3) is 0 Å². The fourth-order valence-electron chi connectivity index (χ4n) is 4.22. The number of likely N-dealkylation sites (tertiary alicyclic amines) is 1. The van der Waals surface area contributed by atoms with Crippen LogP contribution in [0.4, 0.5) is 0 Å². The second kappa shape index (κ2) is 7.66. The summed E-state index contributed by atoms with van der Waals surface area (Å²) < 4.78 is 0. The van der Waals surface area contributed by atoms with E-state index in [2.05, 4.69) is 66.4 Å². The van der Waals surface area contributed by atoms with Crippen molar-refractivity contribution < 1.29 is 4.79 Å². The van der Waals surface area contributed by atoms with Gasteiger partial charge in [-0.3, -0.25) is 4.79 Å². The fourth-order valence-corrected chi connectivity index (χ4v) is 4.22. The van der Waals surface area contributed by atoms with Gasteiger partial charge >= 0.3 is 0 Å². The quantitative estimate of drug-likeness (QED) is 0.629. The van der Waals surface area contributed by atoms with E-state index >= 15 is 0 Å². The summed E-state index contributed by atoms with van der Waals surface area (Å²) in [7, 11) is 0. The van der Waals surface area contributed by atoms with Crippen molar-refractivity contribution in [3.63, 3.8) is 0 Å². The molecule has 0 spiro atoms. The predicted molar refractivity (Wildman–Crippen MR) is 114 cm³/mol. The van der Waals surface area contributed by atoms with E-state index in [1.807, 2.05) is 0 Å². The molecular weight excluding hydrogens is 330 g/mol. The number of hydrogen-bond acceptors (Lipinski definition) is 2. The van der Waals surface area contributed by atoms with Gasteiger partial charge in [0.1, 0.15) is 5.78 Å². The number of rotatable bonds is 3.